The second-order valence-electron chi connectivity index (χ2n) is 8.04. The monoisotopic (exact) mass is 420 g/mol. The van der Waals surface area contributed by atoms with Gasteiger partial charge in [-0.05, 0) is 24.5 Å². The average molecular weight is 420 g/mol. The van der Waals surface area contributed by atoms with E-state index in [-0.39, 0.29) is 10.6 Å². The van der Waals surface area contributed by atoms with Crippen LogP contribution in [0.2, 0.25) is 0 Å². The molecular weight excluding hydrogens is 396 g/mol. The fraction of sp³-hybridized carbons (Fsp3) is 0.381. The summed E-state index contributed by atoms with van der Waals surface area (Å²) in [6.45, 7) is 4.18. The third-order valence-corrected chi connectivity index (χ3v) is 5.72. The zero-order chi connectivity index (χ0) is 21.2. The van der Waals surface area contributed by atoms with Gasteiger partial charge in [0.15, 0.2) is 5.82 Å². The normalized spacial score (nSPS) is 17.0. The van der Waals surface area contributed by atoms with Crippen molar-refractivity contribution in [3.63, 3.8) is 0 Å². The lowest BCUT2D eigenvalue weighted by molar-refractivity contribution is -0.384. The molecule has 31 heavy (non-hydrogen) atoms. The third kappa shape index (κ3) is 4.64. The van der Waals surface area contributed by atoms with Gasteiger partial charge in [0.1, 0.15) is 5.82 Å². The van der Waals surface area contributed by atoms with Gasteiger partial charge in [-0.25, -0.2) is 4.98 Å². The molecule has 2 aliphatic rings. The van der Waals surface area contributed by atoms with E-state index in [1.54, 1.807) is 18.3 Å². The van der Waals surface area contributed by atoms with Crippen molar-refractivity contribution < 1.29 is 4.92 Å². The molecule has 0 bridgehead atoms. The minimum absolute atomic E-state index is 0.123. The van der Waals surface area contributed by atoms with E-state index < -0.39 is 0 Å². The van der Waals surface area contributed by atoms with Gasteiger partial charge >= 0.3 is 0 Å². The number of nitro benzene ring substituents is 1. The molecule has 0 atom stereocenters. The number of nitrogens with zero attached hydrogens (tertiary/aromatic N) is 6. The highest BCUT2D eigenvalue weighted by Crippen LogP contribution is 2.39. The molecule has 10 nitrogen and oxygen atoms in total. The minimum atomic E-state index is -0.371. The molecule has 1 saturated carbocycles. The van der Waals surface area contributed by atoms with Gasteiger partial charge in [-0.2, -0.15) is 10.1 Å². The van der Waals surface area contributed by atoms with Crippen LogP contribution in [0.3, 0.4) is 0 Å². The van der Waals surface area contributed by atoms with Crippen molar-refractivity contribution in [3.8, 4) is 0 Å². The maximum atomic E-state index is 10.8. The van der Waals surface area contributed by atoms with Gasteiger partial charge in [-0.3, -0.25) is 20.1 Å². The first-order valence-corrected chi connectivity index (χ1v) is 10.5. The predicted molar refractivity (Wildman–Crippen MR) is 116 cm³/mol. The molecule has 1 aliphatic carbocycles. The maximum Gasteiger partial charge on any atom is 0.269 e. The molecule has 0 radical (unpaired) electrons. The van der Waals surface area contributed by atoms with Crippen LogP contribution in [0.15, 0.2) is 42.6 Å². The van der Waals surface area contributed by atoms with Gasteiger partial charge in [-0.15, -0.1) is 0 Å². The second kappa shape index (κ2) is 8.31. The lowest BCUT2D eigenvalue weighted by atomic mass is 10.2. The Labute approximate surface area is 179 Å². The fourth-order valence-corrected chi connectivity index (χ4v) is 3.79. The van der Waals surface area contributed by atoms with Crippen molar-refractivity contribution in [2.75, 3.05) is 36.4 Å². The highest BCUT2D eigenvalue weighted by molar-refractivity contribution is 5.53. The Hall–Kier alpha value is -3.53. The summed E-state index contributed by atoms with van der Waals surface area (Å²) in [5, 5.41) is 21.5. The highest BCUT2D eigenvalue weighted by Gasteiger charge is 2.25. The van der Waals surface area contributed by atoms with Crippen LogP contribution in [-0.2, 0) is 6.54 Å². The zero-order valence-electron chi connectivity index (χ0n) is 17.1. The van der Waals surface area contributed by atoms with Crippen LogP contribution in [0.5, 0.6) is 0 Å². The van der Waals surface area contributed by atoms with Crippen LogP contribution >= 0.6 is 0 Å². The molecule has 5 rings (SSSR count). The van der Waals surface area contributed by atoms with Gasteiger partial charge in [0, 0.05) is 68.7 Å². The highest BCUT2D eigenvalue weighted by atomic mass is 16.6. The summed E-state index contributed by atoms with van der Waals surface area (Å²) in [6, 6.07) is 10.7. The topological polar surface area (TPSA) is 116 Å². The molecule has 0 amide bonds. The molecule has 2 N–H and O–H groups in total. The number of piperazine rings is 1. The Kier molecular flexibility index (Phi) is 5.21. The molecule has 3 aromatic rings. The van der Waals surface area contributed by atoms with E-state index in [1.807, 2.05) is 18.2 Å². The fourth-order valence-electron chi connectivity index (χ4n) is 3.79. The molecule has 0 unspecified atom stereocenters. The molecule has 2 fully saturated rings. The minimum Gasteiger partial charge on any atom is -0.338 e. The third-order valence-electron chi connectivity index (χ3n) is 5.72. The van der Waals surface area contributed by atoms with Crippen LogP contribution in [0.4, 0.5) is 23.3 Å². The van der Waals surface area contributed by atoms with E-state index in [0.29, 0.717) is 11.9 Å². The molecular formula is C21H24N8O2. The summed E-state index contributed by atoms with van der Waals surface area (Å²) < 4.78 is 0. The second-order valence-corrected chi connectivity index (χ2v) is 8.04. The average Bonchev–Trinajstić information content (AvgIpc) is 3.54. The number of nitrogens with one attached hydrogen (secondary N) is 2. The Morgan fingerprint density at radius 2 is 1.87 bits per heavy atom. The zero-order valence-corrected chi connectivity index (χ0v) is 17.1. The van der Waals surface area contributed by atoms with Crippen molar-refractivity contribution in [3.05, 3.63) is 64.0 Å². The Balaban J connectivity index is 1.16. The molecule has 2 aromatic heterocycles. The van der Waals surface area contributed by atoms with Gasteiger partial charge in [0.2, 0.25) is 5.95 Å². The largest absolute Gasteiger partial charge is 0.338 e. The molecule has 0 spiro atoms. The number of aromatic nitrogens is 4. The van der Waals surface area contributed by atoms with Crippen molar-refractivity contribution in [2.45, 2.75) is 25.3 Å². The summed E-state index contributed by atoms with van der Waals surface area (Å²) in [5.74, 6) is 2.84. The van der Waals surface area contributed by atoms with E-state index in [0.717, 1.165) is 49.9 Å². The first-order chi connectivity index (χ1) is 15.1. The number of hydrogen-bond acceptors (Lipinski definition) is 8. The van der Waals surface area contributed by atoms with E-state index >= 15 is 0 Å². The molecule has 3 heterocycles. The van der Waals surface area contributed by atoms with E-state index in [2.05, 4.69) is 41.3 Å². The Morgan fingerprint density at radius 1 is 1.10 bits per heavy atom. The van der Waals surface area contributed by atoms with Gasteiger partial charge in [0.05, 0.1) is 4.92 Å². The van der Waals surface area contributed by atoms with Gasteiger partial charge in [-0.1, -0.05) is 12.1 Å². The first kappa shape index (κ1) is 19.4. The van der Waals surface area contributed by atoms with Crippen LogP contribution in [0.25, 0.3) is 0 Å². The number of non-ortho nitro benzene ring substituents is 1. The number of hydrogen-bond donors (Lipinski definition) is 2. The summed E-state index contributed by atoms with van der Waals surface area (Å²) in [5.41, 5.74) is 2.38. The van der Waals surface area contributed by atoms with Crippen molar-refractivity contribution in [1.29, 1.82) is 0 Å². The lowest BCUT2D eigenvalue weighted by Crippen LogP contribution is -2.46. The van der Waals surface area contributed by atoms with E-state index in [9.17, 15) is 10.1 Å². The smallest absolute Gasteiger partial charge is 0.269 e. The summed E-state index contributed by atoms with van der Waals surface area (Å²) in [4.78, 5) is 24.1. The van der Waals surface area contributed by atoms with Crippen LogP contribution in [0.1, 0.15) is 30.0 Å². The number of rotatable bonds is 7. The lowest BCUT2D eigenvalue weighted by Gasteiger charge is -2.34. The molecule has 1 aromatic carbocycles. The molecule has 10 heteroatoms. The van der Waals surface area contributed by atoms with Crippen LogP contribution in [0, 0.1) is 10.1 Å². The number of anilines is 3. The van der Waals surface area contributed by atoms with Crippen LogP contribution < -0.4 is 10.2 Å². The number of H-pyrrole nitrogens is 1. The van der Waals surface area contributed by atoms with Gasteiger partial charge < -0.3 is 10.2 Å². The molecule has 160 valence electrons. The summed E-state index contributed by atoms with van der Waals surface area (Å²) in [6.07, 6.45) is 4.23. The number of benzene rings is 1. The van der Waals surface area contributed by atoms with Crippen molar-refractivity contribution >= 4 is 23.3 Å². The van der Waals surface area contributed by atoms with Crippen molar-refractivity contribution in [2.24, 2.45) is 0 Å². The predicted octanol–water partition coefficient (Wildman–Crippen LogP) is 3.05. The van der Waals surface area contributed by atoms with Gasteiger partial charge in [0.25, 0.3) is 5.69 Å². The van der Waals surface area contributed by atoms with E-state index in [4.69, 9.17) is 0 Å². The SMILES string of the molecule is O=[N+]([O-])c1ccc(CN2CCN(c3nccc(Nc4cc(C5CC5)[nH]n4)n3)CC2)cc1. The quantitative estimate of drug-likeness (QED) is 0.443. The maximum absolute atomic E-state index is 10.8. The first-order valence-electron chi connectivity index (χ1n) is 10.5. The standard InChI is InChI=1S/C21H24N8O2/c30-29(31)17-5-1-15(2-6-17)14-27-9-11-28(12-10-27)21-22-8-7-19(24-21)23-20-13-18(25-26-20)16-3-4-16/h1-2,5-8,13,16H,3-4,9-12,14H2,(H2,22,23,24,25,26). The number of aromatic amines is 1. The summed E-state index contributed by atoms with van der Waals surface area (Å²) in [7, 11) is 0. The Morgan fingerprint density at radius 3 is 2.58 bits per heavy atom. The Bertz CT molecular complexity index is 1060. The van der Waals surface area contributed by atoms with E-state index in [1.165, 1.54) is 18.5 Å². The summed E-state index contributed by atoms with van der Waals surface area (Å²) >= 11 is 0. The number of nitro groups is 1. The van der Waals surface area contributed by atoms with Crippen LogP contribution in [-0.4, -0.2) is 56.2 Å². The molecule has 1 aliphatic heterocycles. The molecule has 1 saturated heterocycles. The van der Waals surface area contributed by atoms with Crippen molar-refractivity contribution in [1.82, 2.24) is 25.1 Å².